The van der Waals surface area contributed by atoms with Crippen molar-refractivity contribution in [1.82, 2.24) is 0 Å². The number of nitrogens with one attached hydrogen (secondary N) is 1. The summed E-state index contributed by atoms with van der Waals surface area (Å²) in [6.07, 6.45) is 3.75. The van der Waals surface area contributed by atoms with Gasteiger partial charge in [0.25, 0.3) is 5.69 Å². The molecule has 0 aliphatic heterocycles. The summed E-state index contributed by atoms with van der Waals surface area (Å²) < 4.78 is 13.7. The van der Waals surface area contributed by atoms with Crippen LogP contribution in [0.2, 0.25) is 0 Å². The van der Waals surface area contributed by atoms with Gasteiger partial charge in [-0.2, -0.15) is 11.8 Å². The van der Waals surface area contributed by atoms with Gasteiger partial charge in [0, 0.05) is 6.54 Å². The van der Waals surface area contributed by atoms with Gasteiger partial charge in [-0.25, -0.2) is 9.18 Å². The number of aromatic carboxylic acids is 1. The van der Waals surface area contributed by atoms with Crippen molar-refractivity contribution in [1.29, 1.82) is 0 Å². The van der Waals surface area contributed by atoms with Crippen LogP contribution in [0.15, 0.2) is 12.1 Å². The molecule has 8 heteroatoms. The van der Waals surface area contributed by atoms with E-state index < -0.39 is 28.0 Å². The zero-order valence-electron chi connectivity index (χ0n) is 10.9. The van der Waals surface area contributed by atoms with Crippen molar-refractivity contribution in [3.05, 3.63) is 33.6 Å². The quantitative estimate of drug-likeness (QED) is 0.435. The first-order valence-corrected chi connectivity index (χ1v) is 7.30. The Labute approximate surface area is 119 Å². The van der Waals surface area contributed by atoms with Crippen LogP contribution in [0.25, 0.3) is 0 Å². The average Bonchev–Trinajstić information content (AvgIpc) is 2.39. The minimum atomic E-state index is -1.46. The highest BCUT2D eigenvalue weighted by molar-refractivity contribution is 7.98. The highest BCUT2D eigenvalue weighted by Crippen LogP contribution is 2.26. The van der Waals surface area contributed by atoms with Gasteiger partial charge in [-0.3, -0.25) is 10.1 Å². The zero-order valence-corrected chi connectivity index (χ0v) is 11.7. The molecule has 0 fully saturated rings. The van der Waals surface area contributed by atoms with Crippen LogP contribution in [-0.4, -0.2) is 34.6 Å². The van der Waals surface area contributed by atoms with Gasteiger partial charge in [0.2, 0.25) is 0 Å². The molecule has 1 aromatic carbocycles. The molecule has 0 amide bonds. The maximum absolute atomic E-state index is 13.7. The predicted octanol–water partition coefficient (Wildman–Crippen LogP) is 2.99. The smallest absolute Gasteiger partial charge is 0.342 e. The summed E-state index contributed by atoms with van der Waals surface area (Å²) in [5, 5.41) is 22.4. The summed E-state index contributed by atoms with van der Waals surface area (Å²) in [5.41, 5.74) is -1.30. The first kappa shape index (κ1) is 16.2. The third-order valence-electron chi connectivity index (χ3n) is 2.60. The van der Waals surface area contributed by atoms with Gasteiger partial charge in [-0.05, 0) is 30.9 Å². The summed E-state index contributed by atoms with van der Waals surface area (Å²) in [6, 6.07) is 1.60. The van der Waals surface area contributed by atoms with E-state index in [4.69, 9.17) is 5.11 Å². The molecule has 1 rings (SSSR count). The summed E-state index contributed by atoms with van der Waals surface area (Å²) in [5.74, 6) is -1.29. The Morgan fingerprint density at radius 1 is 1.50 bits per heavy atom. The topological polar surface area (TPSA) is 92.5 Å². The van der Waals surface area contributed by atoms with Crippen LogP contribution in [0.5, 0.6) is 0 Å². The van der Waals surface area contributed by atoms with Crippen molar-refractivity contribution >= 4 is 29.1 Å². The van der Waals surface area contributed by atoms with E-state index in [-0.39, 0.29) is 5.69 Å². The number of nitrogens with zero attached hydrogens (tertiary/aromatic N) is 1. The largest absolute Gasteiger partial charge is 0.477 e. The van der Waals surface area contributed by atoms with Crippen LogP contribution >= 0.6 is 11.8 Å². The van der Waals surface area contributed by atoms with Gasteiger partial charge in [0.05, 0.1) is 16.7 Å². The lowest BCUT2D eigenvalue weighted by molar-refractivity contribution is -0.385. The molecule has 0 saturated heterocycles. The Bertz CT molecular complexity index is 510. The van der Waals surface area contributed by atoms with E-state index >= 15 is 0 Å². The van der Waals surface area contributed by atoms with Crippen molar-refractivity contribution < 1.29 is 19.2 Å². The lowest BCUT2D eigenvalue weighted by Crippen LogP contribution is -2.08. The molecule has 0 heterocycles. The highest BCUT2D eigenvalue weighted by atomic mass is 32.2. The van der Waals surface area contributed by atoms with Crippen LogP contribution in [0, 0.1) is 15.9 Å². The van der Waals surface area contributed by atoms with Crippen molar-refractivity contribution in [3.63, 3.8) is 0 Å². The first-order chi connectivity index (χ1) is 9.47. The number of nitro benzene ring substituents is 1. The van der Waals surface area contributed by atoms with E-state index in [1.54, 1.807) is 11.8 Å². The molecule has 0 aromatic heterocycles. The molecule has 110 valence electrons. The highest BCUT2D eigenvalue weighted by Gasteiger charge is 2.23. The normalized spacial score (nSPS) is 10.3. The Balaban J connectivity index is 2.84. The molecule has 0 spiro atoms. The molecule has 0 saturated carbocycles. The maximum Gasteiger partial charge on any atom is 0.342 e. The minimum absolute atomic E-state index is 0.0304. The standard InChI is InChI=1S/C12H15FN2O4S/c1-20-5-3-2-4-14-10-6-8(12(16)17)11(15(18)19)7-9(10)13/h6-7,14H,2-5H2,1H3,(H,16,17). The summed E-state index contributed by atoms with van der Waals surface area (Å²) >= 11 is 1.71. The van der Waals surface area contributed by atoms with Gasteiger partial charge in [0.15, 0.2) is 5.82 Å². The molecule has 0 atom stereocenters. The van der Waals surface area contributed by atoms with Crippen molar-refractivity contribution in [2.45, 2.75) is 12.8 Å². The van der Waals surface area contributed by atoms with Gasteiger partial charge >= 0.3 is 5.97 Å². The fourth-order valence-corrected chi connectivity index (χ4v) is 2.11. The average molecular weight is 302 g/mol. The molecule has 20 heavy (non-hydrogen) atoms. The third-order valence-corrected chi connectivity index (χ3v) is 3.30. The number of carbonyl (C=O) groups is 1. The van der Waals surface area contributed by atoms with Gasteiger partial charge < -0.3 is 10.4 Å². The predicted molar refractivity (Wildman–Crippen MR) is 76.1 cm³/mol. The maximum atomic E-state index is 13.7. The zero-order chi connectivity index (χ0) is 15.1. The molecule has 2 N–H and O–H groups in total. The Morgan fingerprint density at radius 3 is 2.75 bits per heavy atom. The summed E-state index contributed by atoms with van der Waals surface area (Å²) in [6.45, 7) is 0.481. The molecule has 0 radical (unpaired) electrons. The van der Waals surface area contributed by atoms with Gasteiger partial charge in [-0.15, -0.1) is 0 Å². The Kier molecular flexibility index (Phi) is 6.23. The van der Waals surface area contributed by atoms with Crippen LogP contribution in [0.4, 0.5) is 15.8 Å². The number of carboxylic acids is 1. The number of carboxylic acid groups (broad SMARTS) is 1. The molecular weight excluding hydrogens is 287 g/mol. The van der Waals surface area contributed by atoms with Crippen molar-refractivity contribution in [2.24, 2.45) is 0 Å². The van der Waals surface area contributed by atoms with Crippen LogP contribution in [0.3, 0.4) is 0 Å². The molecular formula is C12H15FN2O4S. The second kappa shape index (κ2) is 7.68. The molecule has 6 nitrogen and oxygen atoms in total. The number of benzene rings is 1. The molecule has 1 aromatic rings. The Morgan fingerprint density at radius 2 is 2.20 bits per heavy atom. The monoisotopic (exact) mass is 302 g/mol. The van der Waals surface area contributed by atoms with Crippen LogP contribution in [-0.2, 0) is 0 Å². The molecule has 0 unspecified atom stereocenters. The van der Waals surface area contributed by atoms with Gasteiger partial charge in [-0.1, -0.05) is 0 Å². The minimum Gasteiger partial charge on any atom is -0.477 e. The second-order valence-corrected chi connectivity index (χ2v) is 5.02. The molecule has 0 aliphatic rings. The number of halogens is 1. The number of unbranched alkanes of at least 4 members (excludes halogenated alkanes) is 1. The second-order valence-electron chi connectivity index (χ2n) is 4.04. The van der Waals surface area contributed by atoms with Crippen molar-refractivity contribution in [3.8, 4) is 0 Å². The summed E-state index contributed by atoms with van der Waals surface area (Å²) in [4.78, 5) is 20.7. The van der Waals surface area contributed by atoms with E-state index in [1.807, 2.05) is 6.26 Å². The number of hydrogen-bond donors (Lipinski definition) is 2. The van der Waals surface area contributed by atoms with E-state index in [0.717, 1.165) is 24.7 Å². The van der Waals surface area contributed by atoms with Crippen molar-refractivity contribution in [2.75, 3.05) is 23.9 Å². The van der Waals surface area contributed by atoms with E-state index in [0.29, 0.717) is 12.6 Å². The fourth-order valence-electron chi connectivity index (χ4n) is 1.62. The lowest BCUT2D eigenvalue weighted by atomic mass is 10.1. The number of anilines is 1. The van der Waals surface area contributed by atoms with Gasteiger partial charge in [0.1, 0.15) is 5.56 Å². The Hall–Kier alpha value is -1.83. The first-order valence-electron chi connectivity index (χ1n) is 5.91. The lowest BCUT2D eigenvalue weighted by Gasteiger charge is -2.08. The SMILES string of the molecule is CSCCCCNc1cc(C(=O)O)c([N+](=O)[O-])cc1F. The number of hydrogen-bond acceptors (Lipinski definition) is 5. The number of nitro groups is 1. The summed E-state index contributed by atoms with van der Waals surface area (Å²) in [7, 11) is 0. The molecule has 0 aliphatic carbocycles. The fraction of sp³-hybridized carbons (Fsp3) is 0.417. The number of thioether (sulfide) groups is 1. The van der Waals surface area contributed by atoms with Crippen LogP contribution < -0.4 is 5.32 Å². The van der Waals surface area contributed by atoms with E-state index in [1.165, 1.54) is 0 Å². The van der Waals surface area contributed by atoms with E-state index in [9.17, 15) is 19.3 Å². The molecule has 0 bridgehead atoms. The third kappa shape index (κ3) is 4.37. The van der Waals surface area contributed by atoms with E-state index in [2.05, 4.69) is 5.32 Å². The van der Waals surface area contributed by atoms with Crippen LogP contribution in [0.1, 0.15) is 23.2 Å². The number of rotatable bonds is 8.